The third kappa shape index (κ3) is 3.56. The molecule has 0 aromatic rings. The Kier molecular flexibility index (Phi) is 4.49. The van der Waals surface area contributed by atoms with Crippen molar-refractivity contribution >= 4 is 15.9 Å². The molecule has 1 aliphatic carbocycles. The van der Waals surface area contributed by atoms with Crippen molar-refractivity contribution in [2.75, 3.05) is 0 Å². The van der Waals surface area contributed by atoms with Crippen LogP contribution in [0.4, 0.5) is 0 Å². The van der Waals surface area contributed by atoms with Gasteiger partial charge in [0, 0.05) is 4.83 Å². The molecule has 3 atom stereocenters. The first-order valence-electron chi connectivity index (χ1n) is 6.06. The predicted octanol–water partition coefficient (Wildman–Crippen LogP) is 5.01. The third-order valence-corrected chi connectivity index (χ3v) is 4.17. The van der Waals surface area contributed by atoms with Crippen LogP contribution in [0.3, 0.4) is 0 Å². The molecule has 0 N–H and O–H groups in total. The van der Waals surface area contributed by atoms with Gasteiger partial charge in [-0.05, 0) is 36.5 Å². The first-order chi connectivity index (χ1) is 6.42. The molecule has 0 amide bonds. The summed E-state index contributed by atoms with van der Waals surface area (Å²) in [5.74, 6) is 1.91. The summed E-state index contributed by atoms with van der Waals surface area (Å²) in [5.41, 5.74) is 0.525. The molecule has 1 saturated carbocycles. The van der Waals surface area contributed by atoms with Crippen LogP contribution in [0.25, 0.3) is 0 Å². The lowest BCUT2D eigenvalue weighted by molar-refractivity contribution is 0.122. The smallest absolute Gasteiger partial charge is 0.0122 e. The maximum absolute atomic E-state index is 3.69. The Morgan fingerprint density at radius 1 is 1.36 bits per heavy atom. The van der Waals surface area contributed by atoms with Gasteiger partial charge < -0.3 is 0 Å². The third-order valence-electron chi connectivity index (χ3n) is 3.85. The molecule has 3 unspecified atom stereocenters. The van der Waals surface area contributed by atoms with E-state index in [4.69, 9.17) is 0 Å². The summed E-state index contributed by atoms with van der Waals surface area (Å²) in [6.45, 7) is 9.59. The molecule has 0 radical (unpaired) electrons. The fourth-order valence-corrected chi connectivity index (χ4v) is 3.87. The molecule has 0 heterocycles. The van der Waals surface area contributed by atoms with Gasteiger partial charge in [-0.2, -0.15) is 0 Å². The Balaban J connectivity index is 2.52. The minimum atomic E-state index is 0.525. The zero-order valence-electron chi connectivity index (χ0n) is 10.1. The van der Waals surface area contributed by atoms with Gasteiger partial charge in [-0.15, -0.1) is 0 Å². The van der Waals surface area contributed by atoms with Crippen LogP contribution in [-0.2, 0) is 0 Å². The highest BCUT2D eigenvalue weighted by atomic mass is 79.9. The lowest BCUT2D eigenvalue weighted by Crippen LogP contribution is -2.30. The number of hydrogen-bond donors (Lipinski definition) is 0. The maximum atomic E-state index is 3.69. The van der Waals surface area contributed by atoms with E-state index in [1.54, 1.807) is 0 Å². The molecule has 1 heteroatoms. The summed E-state index contributed by atoms with van der Waals surface area (Å²) >= 11 is 3.69. The molecule has 0 aliphatic heterocycles. The van der Waals surface area contributed by atoms with Crippen LogP contribution in [-0.4, -0.2) is 4.83 Å². The van der Waals surface area contributed by atoms with E-state index in [1.807, 2.05) is 0 Å². The topological polar surface area (TPSA) is 0 Å². The number of halogens is 1. The molecule has 14 heavy (non-hydrogen) atoms. The number of rotatable bonds is 3. The summed E-state index contributed by atoms with van der Waals surface area (Å²) in [6.07, 6.45) is 7.12. The Morgan fingerprint density at radius 3 is 2.50 bits per heavy atom. The minimum absolute atomic E-state index is 0.525. The lowest BCUT2D eigenvalue weighted by atomic mass is 9.67. The highest BCUT2D eigenvalue weighted by molar-refractivity contribution is 9.09. The van der Waals surface area contributed by atoms with E-state index < -0.39 is 0 Å². The van der Waals surface area contributed by atoms with Gasteiger partial charge in [-0.1, -0.05) is 56.5 Å². The normalized spacial score (nSPS) is 31.5. The van der Waals surface area contributed by atoms with Crippen LogP contribution >= 0.6 is 15.9 Å². The van der Waals surface area contributed by atoms with Crippen LogP contribution < -0.4 is 0 Å². The van der Waals surface area contributed by atoms with Gasteiger partial charge in [0.2, 0.25) is 0 Å². The van der Waals surface area contributed by atoms with Crippen molar-refractivity contribution in [3.05, 3.63) is 0 Å². The van der Waals surface area contributed by atoms with Crippen molar-refractivity contribution in [1.29, 1.82) is 0 Å². The molecule has 0 spiro atoms. The minimum Gasteiger partial charge on any atom is -0.0893 e. The highest BCUT2D eigenvalue weighted by Gasteiger charge is 2.33. The Bertz CT molecular complexity index is 172. The second-order valence-electron chi connectivity index (χ2n) is 5.94. The first-order valence-corrected chi connectivity index (χ1v) is 6.97. The largest absolute Gasteiger partial charge is 0.0893 e. The summed E-state index contributed by atoms with van der Waals surface area (Å²) in [4.78, 5) is 0.662. The Labute approximate surface area is 98.0 Å². The molecule has 0 nitrogen and oxygen atoms in total. The second-order valence-corrected chi connectivity index (χ2v) is 7.51. The standard InChI is InChI=1S/C13H25Br/c1-10-6-5-7-12(8-10)13(3,4)9-11(2)14/h10-12H,5-9H2,1-4H3. The van der Waals surface area contributed by atoms with Gasteiger partial charge in [-0.25, -0.2) is 0 Å². The van der Waals surface area contributed by atoms with Crippen molar-refractivity contribution < 1.29 is 0 Å². The van der Waals surface area contributed by atoms with Gasteiger partial charge in [0.15, 0.2) is 0 Å². The molecule has 1 rings (SSSR count). The van der Waals surface area contributed by atoms with Gasteiger partial charge in [-0.3, -0.25) is 0 Å². The van der Waals surface area contributed by atoms with Crippen molar-refractivity contribution in [3.63, 3.8) is 0 Å². The molecule has 0 bridgehead atoms. The fourth-order valence-electron chi connectivity index (χ4n) is 3.04. The predicted molar refractivity (Wildman–Crippen MR) is 67.9 cm³/mol. The maximum Gasteiger partial charge on any atom is 0.0122 e. The lowest BCUT2D eigenvalue weighted by Gasteiger charge is -2.40. The van der Waals surface area contributed by atoms with Crippen LogP contribution in [0.1, 0.15) is 59.8 Å². The zero-order valence-corrected chi connectivity index (χ0v) is 11.7. The van der Waals surface area contributed by atoms with Crippen molar-refractivity contribution in [1.82, 2.24) is 0 Å². The molecule has 84 valence electrons. The van der Waals surface area contributed by atoms with Gasteiger partial charge >= 0.3 is 0 Å². The first kappa shape index (κ1) is 12.5. The molecule has 0 saturated heterocycles. The highest BCUT2D eigenvalue weighted by Crippen LogP contribution is 2.43. The van der Waals surface area contributed by atoms with E-state index in [2.05, 4.69) is 43.6 Å². The van der Waals surface area contributed by atoms with Crippen LogP contribution in [0.5, 0.6) is 0 Å². The van der Waals surface area contributed by atoms with E-state index in [0.29, 0.717) is 10.2 Å². The number of alkyl halides is 1. The molecular weight excluding hydrogens is 236 g/mol. The van der Waals surface area contributed by atoms with E-state index in [9.17, 15) is 0 Å². The number of hydrogen-bond acceptors (Lipinski definition) is 0. The SMILES string of the molecule is CC(Br)CC(C)(C)C1CCCC(C)C1. The summed E-state index contributed by atoms with van der Waals surface area (Å²) in [5, 5.41) is 0. The van der Waals surface area contributed by atoms with Gasteiger partial charge in [0.05, 0.1) is 0 Å². The zero-order chi connectivity index (χ0) is 10.8. The monoisotopic (exact) mass is 260 g/mol. The van der Waals surface area contributed by atoms with Gasteiger partial charge in [0.25, 0.3) is 0 Å². The summed E-state index contributed by atoms with van der Waals surface area (Å²) in [7, 11) is 0. The quantitative estimate of drug-likeness (QED) is 0.626. The van der Waals surface area contributed by atoms with Crippen LogP contribution in [0.2, 0.25) is 0 Å². The second kappa shape index (κ2) is 5.01. The van der Waals surface area contributed by atoms with Crippen molar-refractivity contribution in [2.45, 2.75) is 64.6 Å². The summed E-state index contributed by atoms with van der Waals surface area (Å²) in [6, 6.07) is 0. The fraction of sp³-hybridized carbons (Fsp3) is 1.00. The van der Waals surface area contributed by atoms with Crippen LogP contribution in [0, 0.1) is 17.3 Å². The van der Waals surface area contributed by atoms with Crippen molar-refractivity contribution in [3.8, 4) is 0 Å². The molecule has 0 aromatic carbocycles. The van der Waals surface area contributed by atoms with Crippen LogP contribution in [0.15, 0.2) is 0 Å². The van der Waals surface area contributed by atoms with Crippen molar-refractivity contribution in [2.24, 2.45) is 17.3 Å². The van der Waals surface area contributed by atoms with Gasteiger partial charge in [0.1, 0.15) is 0 Å². The van der Waals surface area contributed by atoms with E-state index >= 15 is 0 Å². The molecule has 1 aliphatic rings. The Hall–Kier alpha value is 0.480. The molecule has 1 fully saturated rings. The van der Waals surface area contributed by atoms with E-state index in [-0.39, 0.29) is 0 Å². The summed E-state index contributed by atoms with van der Waals surface area (Å²) < 4.78 is 0. The van der Waals surface area contributed by atoms with E-state index in [1.165, 1.54) is 32.1 Å². The Morgan fingerprint density at radius 2 is 2.00 bits per heavy atom. The van der Waals surface area contributed by atoms with E-state index in [0.717, 1.165) is 11.8 Å². The average Bonchev–Trinajstić information content (AvgIpc) is 2.01. The molecular formula is C13H25Br. The average molecular weight is 261 g/mol. The molecule has 0 aromatic heterocycles.